The largest absolute Gasteiger partial charge is 0.494 e. The number of unbranched alkanes of at least 4 members (excludes halogenated alkanes) is 3. The molecule has 1 saturated carbocycles. The zero-order chi connectivity index (χ0) is 26.5. The SMILES string of the molecule is CCCCCCOc1ccc([C@@H](O)[C@@H](C/C=C2\CCC(F)C2)NC(=O)CCOc2ccc(Cl)cc2)cc1. The molecule has 0 aliphatic heterocycles. The summed E-state index contributed by atoms with van der Waals surface area (Å²) in [6.07, 6.45) is 7.04. The quantitative estimate of drug-likeness (QED) is 0.189. The number of hydrogen-bond acceptors (Lipinski definition) is 4. The van der Waals surface area contributed by atoms with E-state index in [0.29, 0.717) is 42.2 Å². The fourth-order valence-electron chi connectivity index (χ4n) is 4.36. The molecule has 0 aromatic heterocycles. The van der Waals surface area contributed by atoms with E-state index in [-0.39, 0.29) is 18.9 Å². The molecule has 0 heterocycles. The molecule has 202 valence electrons. The molecule has 2 N–H and O–H groups in total. The van der Waals surface area contributed by atoms with Crippen molar-refractivity contribution in [3.8, 4) is 11.5 Å². The Morgan fingerprint density at radius 3 is 2.41 bits per heavy atom. The van der Waals surface area contributed by atoms with E-state index >= 15 is 0 Å². The van der Waals surface area contributed by atoms with E-state index in [1.165, 1.54) is 12.8 Å². The number of allylic oxidation sites excluding steroid dienone is 1. The lowest BCUT2D eigenvalue weighted by Crippen LogP contribution is -2.39. The maximum absolute atomic E-state index is 13.6. The van der Waals surface area contributed by atoms with E-state index in [2.05, 4.69) is 12.2 Å². The fraction of sp³-hybridized carbons (Fsp3) is 0.500. The second-order valence-corrected chi connectivity index (χ2v) is 10.0. The van der Waals surface area contributed by atoms with Crippen LogP contribution in [0.4, 0.5) is 4.39 Å². The average Bonchev–Trinajstić information content (AvgIpc) is 3.32. The molecular weight excluding hydrogens is 493 g/mol. The van der Waals surface area contributed by atoms with Crippen LogP contribution in [0.25, 0.3) is 0 Å². The molecule has 1 fully saturated rings. The molecule has 37 heavy (non-hydrogen) atoms. The number of aliphatic hydroxyl groups excluding tert-OH is 1. The lowest BCUT2D eigenvalue weighted by Gasteiger charge is -2.24. The van der Waals surface area contributed by atoms with Crippen LogP contribution in [0, 0.1) is 0 Å². The van der Waals surface area contributed by atoms with Crippen LogP contribution in [0.1, 0.15) is 76.4 Å². The number of amides is 1. The fourth-order valence-corrected chi connectivity index (χ4v) is 4.49. The third-order valence-corrected chi connectivity index (χ3v) is 6.80. The van der Waals surface area contributed by atoms with Gasteiger partial charge in [-0.05, 0) is 74.1 Å². The Kier molecular flexibility index (Phi) is 12.2. The highest BCUT2D eigenvalue weighted by Crippen LogP contribution is 2.29. The van der Waals surface area contributed by atoms with Crippen molar-refractivity contribution in [3.05, 3.63) is 70.8 Å². The predicted octanol–water partition coefficient (Wildman–Crippen LogP) is 7.12. The Bertz CT molecular complexity index is 980. The second kappa shape index (κ2) is 15.6. The van der Waals surface area contributed by atoms with Gasteiger partial charge in [0.05, 0.1) is 31.8 Å². The number of benzene rings is 2. The lowest BCUT2D eigenvalue weighted by atomic mass is 9.98. The van der Waals surface area contributed by atoms with Crippen LogP contribution >= 0.6 is 11.6 Å². The summed E-state index contributed by atoms with van der Waals surface area (Å²) >= 11 is 5.89. The summed E-state index contributed by atoms with van der Waals surface area (Å²) < 4.78 is 25.1. The maximum Gasteiger partial charge on any atom is 0.223 e. The van der Waals surface area contributed by atoms with Gasteiger partial charge in [0.1, 0.15) is 17.7 Å². The maximum atomic E-state index is 13.6. The van der Waals surface area contributed by atoms with E-state index in [1.807, 2.05) is 30.3 Å². The van der Waals surface area contributed by atoms with Gasteiger partial charge >= 0.3 is 0 Å². The minimum Gasteiger partial charge on any atom is -0.494 e. The molecule has 0 bridgehead atoms. The summed E-state index contributed by atoms with van der Waals surface area (Å²) in [6, 6.07) is 13.8. The minimum atomic E-state index is -0.917. The molecule has 7 heteroatoms. The summed E-state index contributed by atoms with van der Waals surface area (Å²) in [7, 11) is 0. The Hall–Kier alpha value is -2.57. The van der Waals surface area contributed by atoms with E-state index in [9.17, 15) is 14.3 Å². The van der Waals surface area contributed by atoms with Gasteiger partial charge in [-0.3, -0.25) is 4.79 Å². The summed E-state index contributed by atoms with van der Waals surface area (Å²) in [5.74, 6) is 1.17. The summed E-state index contributed by atoms with van der Waals surface area (Å²) in [6.45, 7) is 3.05. The highest BCUT2D eigenvalue weighted by molar-refractivity contribution is 6.30. The summed E-state index contributed by atoms with van der Waals surface area (Å²) in [5.41, 5.74) is 1.73. The van der Waals surface area contributed by atoms with Crippen LogP contribution in [0.2, 0.25) is 5.02 Å². The molecule has 1 amide bonds. The van der Waals surface area contributed by atoms with Crippen molar-refractivity contribution in [3.63, 3.8) is 0 Å². The standard InChI is InChI=1S/C30H39ClFNO4/c1-2-3-4-5-19-36-26-13-8-23(9-14-26)30(35)28(17-7-22-6-12-25(32)21-22)33-29(34)18-20-37-27-15-10-24(31)11-16-27/h7-11,13-16,25,28,30,35H,2-6,12,17-21H2,1H3,(H,33,34)/b22-7+/t25?,28-,30-/m1/s1. The predicted molar refractivity (Wildman–Crippen MR) is 146 cm³/mol. The Morgan fingerprint density at radius 1 is 1.08 bits per heavy atom. The van der Waals surface area contributed by atoms with Gasteiger partial charge in [0.2, 0.25) is 5.91 Å². The van der Waals surface area contributed by atoms with Crippen molar-refractivity contribution in [1.29, 1.82) is 0 Å². The third kappa shape index (κ3) is 10.4. The van der Waals surface area contributed by atoms with Crippen molar-refractivity contribution < 1.29 is 23.8 Å². The highest BCUT2D eigenvalue weighted by Gasteiger charge is 2.24. The topological polar surface area (TPSA) is 67.8 Å². The molecule has 2 aromatic rings. The monoisotopic (exact) mass is 531 g/mol. The highest BCUT2D eigenvalue weighted by atomic mass is 35.5. The zero-order valence-electron chi connectivity index (χ0n) is 21.6. The van der Waals surface area contributed by atoms with Gasteiger partial charge in [0.25, 0.3) is 0 Å². The van der Waals surface area contributed by atoms with E-state index in [4.69, 9.17) is 21.1 Å². The first kappa shape index (κ1) is 29.0. The smallest absolute Gasteiger partial charge is 0.223 e. The van der Waals surface area contributed by atoms with Crippen LogP contribution in [0.3, 0.4) is 0 Å². The zero-order valence-corrected chi connectivity index (χ0v) is 22.4. The number of nitrogens with one attached hydrogen (secondary N) is 1. The van der Waals surface area contributed by atoms with Crippen LogP contribution in [-0.4, -0.2) is 36.4 Å². The van der Waals surface area contributed by atoms with Crippen molar-refractivity contribution in [2.45, 2.75) is 83.0 Å². The number of halogens is 2. The van der Waals surface area contributed by atoms with E-state index in [1.54, 1.807) is 24.3 Å². The van der Waals surface area contributed by atoms with Crippen LogP contribution in [-0.2, 0) is 4.79 Å². The molecule has 3 rings (SSSR count). The molecule has 0 saturated heterocycles. The number of ether oxygens (including phenoxy) is 2. The molecule has 1 aliphatic rings. The summed E-state index contributed by atoms with van der Waals surface area (Å²) in [4.78, 5) is 12.7. The third-order valence-electron chi connectivity index (χ3n) is 6.55. The van der Waals surface area contributed by atoms with Gasteiger partial charge in [-0.15, -0.1) is 0 Å². The molecular formula is C30H39ClFNO4. The van der Waals surface area contributed by atoms with Gasteiger partial charge in [-0.25, -0.2) is 4.39 Å². The van der Waals surface area contributed by atoms with E-state index < -0.39 is 18.3 Å². The lowest BCUT2D eigenvalue weighted by molar-refractivity contribution is -0.123. The number of aliphatic hydroxyl groups is 1. The van der Waals surface area contributed by atoms with Crippen molar-refractivity contribution in [2.75, 3.05) is 13.2 Å². The van der Waals surface area contributed by atoms with Gasteiger partial charge < -0.3 is 19.9 Å². The molecule has 1 unspecified atom stereocenters. The van der Waals surface area contributed by atoms with Crippen LogP contribution in [0.5, 0.6) is 11.5 Å². The Balaban J connectivity index is 1.57. The van der Waals surface area contributed by atoms with Crippen molar-refractivity contribution >= 4 is 17.5 Å². The average molecular weight is 532 g/mol. The molecule has 0 spiro atoms. The normalized spacial score (nSPS) is 17.9. The second-order valence-electron chi connectivity index (χ2n) is 9.59. The molecule has 1 aliphatic carbocycles. The van der Waals surface area contributed by atoms with Crippen LogP contribution in [0.15, 0.2) is 60.2 Å². The van der Waals surface area contributed by atoms with Gasteiger partial charge in [-0.1, -0.05) is 61.6 Å². The number of carbonyl (C=O) groups excluding carboxylic acids is 1. The minimum absolute atomic E-state index is 0.139. The number of rotatable bonds is 15. The van der Waals surface area contributed by atoms with Crippen LogP contribution < -0.4 is 14.8 Å². The number of alkyl halides is 1. The molecule has 2 aromatic carbocycles. The first-order chi connectivity index (χ1) is 17.9. The Labute approximate surface area is 225 Å². The first-order valence-electron chi connectivity index (χ1n) is 13.3. The molecule has 0 radical (unpaired) electrons. The van der Waals surface area contributed by atoms with E-state index in [0.717, 1.165) is 30.6 Å². The first-order valence-corrected chi connectivity index (χ1v) is 13.7. The molecule has 3 atom stereocenters. The van der Waals surface area contributed by atoms with Gasteiger partial charge in [-0.2, -0.15) is 0 Å². The number of hydrogen-bond donors (Lipinski definition) is 2. The van der Waals surface area contributed by atoms with Gasteiger partial charge in [0.15, 0.2) is 0 Å². The van der Waals surface area contributed by atoms with Crippen molar-refractivity contribution in [1.82, 2.24) is 5.32 Å². The van der Waals surface area contributed by atoms with Gasteiger partial charge in [0, 0.05) is 5.02 Å². The Morgan fingerprint density at radius 2 is 1.76 bits per heavy atom. The number of carbonyl (C=O) groups is 1. The molecule has 5 nitrogen and oxygen atoms in total. The summed E-state index contributed by atoms with van der Waals surface area (Å²) in [5, 5.41) is 14.7. The van der Waals surface area contributed by atoms with Crippen molar-refractivity contribution in [2.24, 2.45) is 0 Å².